The molecule has 0 fully saturated rings. The molecule has 0 saturated heterocycles. The van der Waals surface area contributed by atoms with Gasteiger partial charge in [-0.25, -0.2) is 0 Å². The van der Waals surface area contributed by atoms with Gasteiger partial charge in [0.1, 0.15) is 0 Å². The van der Waals surface area contributed by atoms with Crippen LogP contribution in [0.15, 0.2) is 29.6 Å². The number of hydrogen-bond donors (Lipinski definition) is 1. The molecule has 0 saturated carbocycles. The van der Waals surface area contributed by atoms with Gasteiger partial charge in [-0.05, 0) is 28.8 Å². The quantitative estimate of drug-likeness (QED) is 0.788. The lowest BCUT2D eigenvalue weighted by molar-refractivity contribution is 0.565. The smallest absolute Gasteiger partial charge is 0.0689 e. The summed E-state index contributed by atoms with van der Waals surface area (Å²) in [7, 11) is 0. The first kappa shape index (κ1) is 12.2. The topological polar surface area (TPSA) is 12.0 Å². The second-order valence-electron chi connectivity index (χ2n) is 4.15. The normalized spacial score (nSPS) is 12.5. The Labute approximate surface area is 107 Å². The van der Waals surface area contributed by atoms with Crippen LogP contribution in [0.2, 0.25) is 0 Å². The fourth-order valence-electron chi connectivity index (χ4n) is 1.94. The zero-order valence-electron chi connectivity index (χ0n) is 10.1. The van der Waals surface area contributed by atoms with E-state index in [-0.39, 0.29) is 6.04 Å². The van der Waals surface area contributed by atoms with Crippen molar-refractivity contribution < 1.29 is 0 Å². The van der Waals surface area contributed by atoms with Gasteiger partial charge in [0, 0.05) is 11.2 Å². The first-order valence-corrected chi connectivity index (χ1v) is 6.87. The second-order valence-corrected chi connectivity index (χ2v) is 5.06. The first-order valence-electron chi connectivity index (χ1n) is 5.99. The van der Waals surface area contributed by atoms with Crippen molar-refractivity contribution in [2.24, 2.45) is 0 Å². The van der Waals surface area contributed by atoms with E-state index in [0.717, 1.165) is 19.4 Å². The molecule has 0 aliphatic rings. The number of terminal acetylenes is 1. The molecule has 0 aliphatic heterocycles. The van der Waals surface area contributed by atoms with Crippen molar-refractivity contribution in [2.45, 2.75) is 32.4 Å². The Hall–Kier alpha value is -1.30. The van der Waals surface area contributed by atoms with Crippen LogP contribution in [0.3, 0.4) is 0 Å². The van der Waals surface area contributed by atoms with E-state index in [1.54, 1.807) is 11.3 Å². The van der Waals surface area contributed by atoms with E-state index >= 15 is 0 Å². The largest absolute Gasteiger partial charge is 0.300 e. The van der Waals surface area contributed by atoms with Crippen LogP contribution < -0.4 is 5.32 Å². The highest BCUT2D eigenvalue weighted by Crippen LogP contribution is 2.25. The van der Waals surface area contributed by atoms with Gasteiger partial charge in [0.15, 0.2) is 0 Å². The van der Waals surface area contributed by atoms with E-state index < -0.39 is 0 Å². The molecule has 0 amide bonds. The minimum Gasteiger partial charge on any atom is -0.300 e. The maximum atomic E-state index is 5.50. The molecule has 1 aromatic carbocycles. The Balaban J connectivity index is 2.06. The number of rotatable bonds is 5. The lowest BCUT2D eigenvalue weighted by Gasteiger charge is -2.11. The van der Waals surface area contributed by atoms with Crippen molar-refractivity contribution in [1.29, 1.82) is 0 Å². The summed E-state index contributed by atoms with van der Waals surface area (Å²) in [6.07, 6.45) is 7.66. The number of thiophene rings is 1. The fraction of sp³-hybridized carbons (Fsp3) is 0.333. The molecule has 88 valence electrons. The lowest BCUT2D eigenvalue weighted by Crippen LogP contribution is -2.26. The van der Waals surface area contributed by atoms with Gasteiger partial charge in [-0.1, -0.05) is 37.5 Å². The van der Waals surface area contributed by atoms with Crippen LogP contribution in [0.5, 0.6) is 0 Å². The predicted molar refractivity (Wildman–Crippen MR) is 76.2 cm³/mol. The van der Waals surface area contributed by atoms with E-state index in [9.17, 15) is 0 Å². The number of benzene rings is 1. The monoisotopic (exact) mass is 243 g/mol. The minimum atomic E-state index is 0.193. The molecule has 1 unspecified atom stereocenters. The average molecular weight is 243 g/mol. The third-order valence-electron chi connectivity index (χ3n) is 2.88. The first-order chi connectivity index (χ1) is 8.35. The third-order valence-corrected chi connectivity index (χ3v) is 3.89. The van der Waals surface area contributed by atoms with Crippen LogP contribution in [0.1, 0.15) is 25.3 Å². The molecular weight excluding hydrogens is 226 g/mol. The molecule has 1 atom stereocenters. The van der Waals surface area contributed by atoms with Gasteiger partial charge in [-0.2, -0.15) is 0 Å². The molecule has 0 aliphatic carbocycles. The maximum Gasteiger partial charge on any atom is 0.0689 e. The Morgan fingerprint density at radius 3 is 3.00 bits per heavy atom. The van der Waals surface area contributed by atoms with Crippen molar-refractivity contribution in [3.8, 4) is 12.3 Å². The number of hydrogen-bond acceptors (Lipinski definition) is 2. The summed E-state index contributed by atoms with van der Waals surface area (Å²) < 4.78 is 1.34. The van der Waals surface area contributed by atoms with E-state index in [2.05, 4.69) is 47.8 Å². The highest BCUT2D eigenvalue weighted by Gasteiger charge is 2.06. The molecule has 1 N–H and O–H groups in total. The number of nitrogens with one attached hydrogen (secondary N) is 1. The molecule has 0 bridgehead atoms. The molecule has 2 rings (SSSR count). The highest BCUT2D eigenvalue weighted by molar-refractivity contribution is 7.17. The van der Waals surface area contributed by atoms with Gasteiger partial charge in [-0.15, -0.1) is 17.8 Å². The summed E-state index contributed by atoms with van der Waals surface area (Å²) in [5.74, 6) is 2.81. The summed E-state index contributed by atoms with van der Waals surface area (Å²) in [5, 5.41) is 7.00. The molecule has 2 heteroatoms. The second kappa shape index (κ2) is 5.86. The Morgan fingerprint density at radius 1 is 1.41 bits per heavy atom. The molecule has 0 radical (unpaired) electrons. The van der Waals surface area contributed by atoms with E-state index in [4.69, 9.17) is 6.42 Å². The molecule has 1 heterocycles. The van der Waals surface area contributed by atoms with Crippen LogP contribution in [-0.4, -0.2) is 6.04 Å². The van der Waals surface area contributed by atoms with Crippen LogP contribution in [0.25, 0.3) is 10.1 Å². The standard InChI is InChI=1S/C15H17NS/c1-3-7-13(4-2)16-10-12-11-17-15-9-6-5-8-14(12)15/h2,5-6,8-9,11,13,16H,3,7,10H2,1H3. The summed E-state index contributed by atoms with van der Waals surface area (Å²) in [6.45, 7) is 3.02. The summed E-state index contributed by atoms with van der Waals surface area (Å²) >= 11 is 1.79. The van der Waals surface area contributed by atoms with Gasteiger partial charge in [0.2, 0.25) is 0 Å². The van der Waals surface area contributed by atoms with Crippen molar-refractivity contribution in [1.82, 2.24) is 5.32 Å². The SMILES string of the molecule is C#CC(CCC)NCc1csc2ccccc12. The zero-order valence-corrected chi connectivity index (χ0v) is 10.9. The summed E-state index contributed by atoms with van der Waals surface area (Å²) in [5.41, 5.74) is 1.35. The molecule has 0 spiro atoms. The van der Waals surface area contributed by atoms with Crippen molar-refractivity contribution in [3.63, 3.8) is 0 Å². The average Bonchev–Trinajstić information content (AvgIpc) is 2.78. The van der Waals surface area contributed by atoms with Gasteiger partial charge >= 0.3 is 0 Å². The van der Waals surface area contributed by atoms with Crippen molar-refractivity contribution in [2.75, 3.05) is 0 Å². The van der Waals surface area contributed by atoms with Crippen molar-refractivity contribution in [3.05, 3.63) is 35.2 Å². The fourth-order valence-corrected chi connectivity index (χ4v) is 2.90. The van der Waals surface area contributed by atoms with E-state index in [1.807, 2.05) is 0 Å². The van der Waals surface area contributed by atoms with Crippen LogP contribution >= 0.6 is 11.3 Å². The Kier molecular flexibility index (Phi) is 4.19. The molecule has 1 aromatic heterocycles. The Bertz CT molecular complexity index is 521. The van der Waals surface area contributed by atoms with Crippen LogP contribution in [0, 0.1) is 12.3 Å². The maximum absolute atomic E-state index is 5.50. The molecule has 17 heavy (non-hydrogen) atoms. The number of fused-ring (bicyclic) bond motifs is 1. The summed E-state index contributed by atoms with van der Waals surface area (Å²) in [4.78, 5) is 0. The van der Waals surface area contributed by atoms with Crippen LogP contribution in [0.4, 0.5) is 0 Å². The van der Waals surface area contributed by atoms with E-state index in [1.165, 1.54) is 15.6 Å². The Morgan fingerprint density at radius 2 is 2.24 bits per heavy atom. The van der Waals surface area contributed by atoms with E-state index in [0.29, 0.717) is 0 Å². The predicted octanol–water partition coefficient (Wildman–Crippen LogP) is 3.79. The van der Waals surface area contributed by atoms with Gasteiger partial charge in [0.05, 0.1) is 6.04 Å². The van der Waals surface area contributed by atoms with Crippen molar-refractivity contribution >= 4 is 21.4 Å². The third kappa shape index (κ3) is 2.88. The van der Waals surface area contributed by atoms with Crippen LogP contribution in [-0.2, 0) is 6.54 Å². The highest BCUT2D eigenvalue weighted by atomic mass is 32.1. The molecule has 1 nitrogen and oxygen atoms in total. The zero-order chi connectivity index (χ0) is 12.1. The summed E-state index contributed by atoms with van der Waals surface area (Å²) in [6, 6.07) is 8.70. The molecular formula is C15H17NS. The minimum absolute atomic E-state index is 0.193. The van der Waals surface area contributed by atoms with Gasteiger partial charge in [0.25, 0.3) is 0 Å². The molecule has 2 aromatic rings. The van der Waals surface area contributed by atoms with Gasteiger partial charge in [-0.3, -0.25) is 5.32 Å². The lowest BCUT2D eigenvalue weighted by atomic mass is 10.1. The van der Waals surface area contributed by atoms with Gasteiger partial charge < -0.3 is 0 Å².